The molecule has 9 aromatic rings. The van der Waals surface area contributed by atoms with Crippen molar-refractivity contribution in [3.63, 3.8) is 0 Å². The van der Waals surface area contributed by atoms with Crippen molar-refractivity contribution in [3.05, 3.63) is 164 Å². The van der Waals surface area contributed by atoms with Crippen LogP contribution in [0.25, 0.3) is 62.6 Å². The third-order valence-electron chi connectivity index (χ3n) is 8.66. The van der Waals surface area contributed by atoms with Crippen LogP contribution in [0, 0.1) is 0 Å². The smallest absolute Gasteiger partial charge is 0.0640 e. The van der Waals surface area contributed by atoms with Crippen molar-refractivity contribution in [2.45, 2.75) is 0 Å². The maximum Gasteiger partial charge on any atom is 0.0640 e. The van der Waals surface area contributed by atoms with Crippen LogP contribution in [0.2, 0.25) is 0 Å². The first-order chi connectivity index (χ1) is 22.3. The molecule has 0 aliphatic heterocycles. The van der Waals surface area contributed by atoms with Crippen LogP contribution in [0.3, 0.4) is 0 Å². The summed E-state index contributed by atoms with van der Waals surface area (Å²) in [5.74, 6) is 0. The van der Waals surface area contributed by atoms with Crippen molar-refractivity contribution in [2.75, 3.05) is 4.90 Å². The van der Waals surface area contributed by atoms with Crippen LogP contribution in [0.1, 0.15) is 0 Å². The number of benzene rings is 7. The molecule has 0 unspecified atom stereocenters. The second-order valence-electron chi connectivity index (χ2n) is 11.3. The minimum atomic E-state index is 1.14. The molecule has 9 rings (SSSR count). The third kappa shape index (κ3) is 4.43. The Labute approximate surface area is 269 Å². The minimum Gasteiger partial charge on any atom is -0.309 e. The van der Waals surface area contributed by atoms with Crippen molar-refractivity contribution >= 4 is 80.1 Å². The Balaban J connectivity index is 1.30. The lowest BCUT2D eigenvalue weighted by Crippen LogP contribution is -2.10. The topological polar surface area (TPSA) is 3.24 Å². The van der Waals surface area contributed by atoms with Crippen LogP contribution < -0.4 is 4.90 Å². The highest BCUT2D eigenvalue weighted by Crippen LogP contribution is 2.48. The summed E-state index contributed by atoms with van der Waals surface area (Å²) < 4.78 is 5.23. The average Bonchev–Trinajstić information content (AvgIpc) is 3.68. The van der Waals surface area contributed by atoms with E-state index < -0.39 is 0 Å². The molecule has 7 aromatic carbocycles. The molecule has 212 valence electrons. The van der Waals surface area contributed by atoms with Gasteiger partial charge in [-0.1, -0.05) is 127 Å². The Bertz CT molecular complexity index is 2490. The number of rotatable bonds is 5. The molecule has 0 aliphatic rings. The number of anilines is 3. The lowest BCUT2D eigenvalue weighted by molar-refractivity contribution is 1.31. The van der Waals surface area contributed by atoms with Gasteiger partial charge < -0.3 is 4.90 Å². The lowest BCUT2D eigenvalue weighted by Gasteiger charge is -2.26. The first-order valence-corrected chi connectivity index (χ1v) is 16.8. The van der Waals surface area contributed by atoms with Crippen LogP contribution in [0.4, 0.5) is 17.1 Å². The summed E-state index contributed by atoms with van der Waals surface area (Å²) in [7, 11) is 0. The fraction of sp³-hybridized carbons (Fsp3) is 0. The molecule has 0 bridgehead atoms. The van der Waals surface area contributed by atoms with E-state index in [1.54, 1.807) is 0 Å². The van der Waals surface area contributed by atoms with E-state index in [9.17, 15) is 0 Å². The first-order valence-electron chi connectivity index (χ1n) is 15.2. The Morgan fingerprint density at radius 3 is 1.82 bits per heavy atom. The predicted octanol–water partition coefficient (Wildman–Crippen LogP) is 13.2. The van der Waals surface area contributed by atoms with Gasteiger partial charge in [0.2, 0.25) is 0 Å². The van der Waals surface area contributed by atoms with Gasteiger partial charge in [-0.05, 0) is 58.7 Å². The Morgan fingerprint density at radius 1 is 0.356 bits per heavy atom. The zero-order valence-electron chi connectivity index (χ0n) is 24.4. The highest BCUT2D eigenvalue weighted by molar-refractivity contribution is 7.27. The highest BCUT2D eigenvalue weighted by atomic mass is 32.1. The van der Waals surface area contributed by atoms with Gasteiger partial charge in [0.1, 0.15) is 0 Å². The molecular formula is C42H27NS2. The molecule has 3 heteroatoms. The van der Waals surface area contributed by atoms with E-state index in [1.165, 1.54) is 68.3 Å². The summed E-state index contributed by atoms with van der Waals surface area (Å²) >= 11 is 3.76. The van der Waals surface area contributed by atoms with Crippen LogP contribution >= 0.6 is 22.7 Å². The first kappa shape index (κ1) is 26.2. The van der Waals surface area contributed by atoms with Gasteiger partial charge in [-0.2, -0.15) is 0 Å². The van der Waals surface area contributed by atoms with E-state index in [-0.39, 0.29) is 0 Å². The van der Waals surface area contributed by atoms with E-state index >= 15 is 0 Å². The predicted molar refractivity (Wildman–Crippen MR) is 198 cm³/mol. The molecule has 0 aliphatic carbocycles. The number of fused-ring (bicyclic) bond motifs is 6. The van der Waals surface area contributed by atoms with E-state index in [4.69, 9.17) is 0 Å². The third-order valence-corrected chi connectivity index (χ3v) is 11.1. The summed E-state index contributed by atoms with van der Waals surface area (Å²) in [6.07, 6.45) is 0. The van der Waals surface area contributed by atoms with Gasteiger partial charge in [0, 0.05) is 47.0 Å². The summed E-state index contributed by atoms with van der Waals surface area (Å²) in [5, 5.41) is 5.22. The number of hydrogen-bond acceptors (Lipinski definition) is 3. The molecule has 2 heterocycles. The molecule has 0 N–H and O–H groups in total. The van der Waals surface area contributed by atoms with Gasteiger partial charge >= 0.3 is 0 Å². The molecule has 0 amide bonds. The van der Waals surface area contributed by atoms with Crippen molar-refractivity contribution in [1.82, 2.24) is 0 Å². The van der Waals surface area contributed by atoms with Crippen molar-refractivity contribution in [1.29, 1.82) is 0 Å². The van der Waals surface area contributed by atoms with E-state index in [1.807, 2.05) is 22.7 Å². The zero-order valence-corrected chi connectivity index (χ0v) is 26.0. The normalized spacial score (nSPS) is 11.6. The fourth-order valence-electron chi connectivity index (χ4n) is 6.56. The minimum absolute atomic E-state index is 1.14. The SMILES string of the molecule is c1ccc(-c2cccc(N(c3ccc4c(c3)sc3ccccc34)c3cccc4c3sc3c(-c5ccccc5)cccc34)c2)cc1. The highest BCUT2D eigenvalue weighted by Gasteiger charge is 2.20. The maximum absolute atomic E-state index is 2.45. The largest absolute Gasteiger partial charge is 0.309 e. The molecule has 45 heavy (non-hydrogen) atoms. The molecular weight excluding hydrogens is 583 g/mol. The van der Waals surface area contributed by atoms with Crippen molar-refractivity contribution < 1.29 is 0 Å². The Morgan fingerprint density at radius 2 is 0.978 bits per heavy atom. The maximum atomic E-state index is 2.45. The lowest BCUT2D eigenvalue weighted by atomic mass is 10.0. The van der Waals surface area contributed by atoms with Crippen LogP contribution in [-0.2, 0) is 0 Å². The molecule has 0 saturated carbocycles. The summed E-state index contributed by atoms with van der Waals surface area (Å²) in [5.41, 5.74) is 8.45. The van der Waals surface area contributed by atoms with Crippen molar-refractivity contribution in [2.24, 2.45) is 0 Å². The number of nitrogens with zero attached hydrogens (tertiary/aromatic N) is 1. The number of thiophene rings is 2. The van der Waals surface area contributed by atoms with Gasteiger partial charge in [0.05, 0.1) is 10.4 Å². The zero-order chi connectivity index (χ0) is 29.7. The van der Waals surface area contributed by atoms with Gasteiger partial charge in [0.15, 0.2) is 0 Å². The summed E-state index contributed by atoms with van der Waals surface area (Å²) in [6, 6.07) is 59.5. The second-order valence-corrected chi connectivity index (χ2v) is 13.4. The summed E-state index contributed by atoms with van der Waals surface area (Å²) in [6.45, 7) is 0. The van der Waals surface area contributed by atoms with Crippen LogP contribution in [0.15, 0.2) is 164 Å². The summed E-state index contributed by atoms with van der Waals surface area (Å²) in [4.78, 5) is 2.45. The van der Waals surface area contributed by atoms with E-state index in [0.717, 1.165) is 11.4 Å². The molecule has 0 radical (unpaired) electrons. The quantitative estimate of drug-likeness (QED) is 0.188. The van der Waals surface area contributed by atoms with Gasteiger partial charge in [0.25, 0.3) is 0 Å². The molecule has 0 saturated heterocycles. The Kier molecular flexibility index (Phi) is 6.26. The van der Waals surface area contributed by atoms with E-state index in [2.05, 4.69) is 169 Å². The molecule has 1 nitrogen and oxygen atoms in total. The van der Waals surface area contributed by atoms with Crippen LogP contribution in [-0.4, -0.2) is 0 Å². The van der Waals surface area contributed by atoms with Crippen molar-refractivity contribution in [3.8, 4) is 22.3 Å². The molecule has 0 spiro atoms. The average molecular weight is 610 g/mol. The molecule has 2 aromatic heterocycles. The molecule has 0 atom stereocenters. The fourth-order valence-corrected chi connectivity index (χ4v) is 9.04. The van der Waals surface area contributed by atoms with E-state index in [0.29, 0.717) is 0 Å². The molecule has 0 fully saturated rings. The number of hydrogen-bond donors (Lipinski definition) is 0. The van der Waals surface area contributed by atoms with Crippen LogP contribution in [0.5, 0.6) is 0 Å². The Hall–Kier alpha value is -5.22. The monoisotopic (exact) mass is 609 g/mol. The second kappa shape index (κ2) is 10.7. The van der Waals surface area contributed by atoms with Gasteiger partial charge in [-0.25, -0.2) is 0 Å². The van der Waals surface area contributed by atoms with Gasteiger partial charge in [-0.3, -0.25) is 0 Å². The van der Waals surface area contributed by atoms with Gasteiger partial charge in [-0.15, -0.1) is 22.7 Å². The standard InChI is InChI=1S/C42H27NS2/c1-3-12-28(13-4-1)30-16-9-17-31(26-30)43(32-24-25-35-34-18-7-8-23-39(34)44-40(35)27-32)38-22-11-21-37-36-20-10-19-33(41(36)45-42(37)38)29-14-5-2-6-15-29/h1-27H.